The van der Waals surface area contributed by atoms with Crippen LogP contribution in [-0.2, 0) is 6.18 Å². The molecular weight excluding hydrogens is 511 g/mol. The lowest BCUT2D eigenvalue weighted by atomic mass is 9.98. The molecule has 0 aliphatic carbocycles. The first-order valence-electron chi connectivity index (χ1n) is 12.8. The van der Waals surface area contributed by atoms with Crippen LogP contribution in [0.2, 0.25) is 0 Å². The summed E-state index contributed by atoms with van der Waals surface area (Å²) >= 11 is 0. The summed E-state index contributed by atoms with van der Waals surface area (Å²) in [6.07, 6.45) is -4.56. The molecule has 3 heterocycles. The Bertz CT molecular complexity index is 2050. The molecule has 4 aromatic carbocycles. The molecular formula is C33H22F3N3O. The van der Waals surface area contributed by atoms with E-state index in [9.17, 15) is 13.2 Å². The first-order valence-corrected chi connectivity index (χ1v) is 12.8. The van der Waals surface area contributed by atoms with Gasteiger partial charge in [-0.3, -0.25) is 4.57 Å². The number of hydrogen-bond donors (Lipinski definition) is 0. The quantitative estimate of drug-likeness (QED) is 0.227. The van der Waals surface area contributed by atoms with Crippen LogP contribution in [-0.4, -0.2) is 14.5 Å². The van der Waals surface area contributed by atoms with Gasteiger partial charge in [0.25, 0.3) is 0 Å². The zero-order valence-corrected chi connectivity index (χ0v) is 21.6. The van der Waals surface area contributed by atoms with Crippen molar-refractivity contribution in [2.45, 2.75) is 20.0 Å². The number of fused-ring (bicyclic) bond motifs is 4. The lowest BCUT2D eigenvalue weighted by molar-refractivity contribution is -0.141. The fourth-order valence-electron chi connectivity index (χ4n) is 5.55. The fourth-order valence-corrected chi connectivity index (χ4v) is 5.55. The molecule has 7 aromatic rings. The van der Waals surface area contributed by atoms with Gasteiger partial charge in [0, 0.05) is 10.8 Å². The highest BCUT2D eigenvalue weighted by Crippen LogP contribution is 2.40. The van der Waals surface area contributed by atoms with Gasteiger partial charge in [0.15, 0.2) is 0 Å². The number of furan rings is 1. The Morgan fingerprint density at radius 3 is 2.17 bits per heavy atom. The number of benzene rings is 4. The standard InChI is InChI=1S/C33H22F3N3O/c1-19-17-22(21-9-4-3-5-10-21)18-20(2)29(19)39-27-14-7-6-13-26(27)37-31(39)25-12-8-11-23-24-15-16-28(33(34,35)36)38-32(24)40-30(23)25/h3-18H,1-2H3. The Hall–Kier alpha value is -4.91. The molecule has 4 nitrogen and oxygen atoms in total. The third kappa shape index (κ3) is 3.77. The summed E-state index contributed by atoms with van der Waals surface area (Å²) in [5.74, 6) is 0.639. The lowest BCUT2D eigenvalue weighted by Crippen LogP contribution is -2.07. The number of aryl methyl sites for hydroxylation is 2. The summed E-state index contributed by atoms with van der Waals surface area (Å²) in [6, 6.07) is 30.4. The van der Waals surface area contributed by atoms with E-state index in [0.29, 0.717) is 27.7 Å². The van der Waals surface area contributed by atoms with E-state index in [1.165, 1.54) is 6.07 Å². The minimum absolute atomic E-state index is 0.0560. The van der Waals surface area contributed by atoms with Crippen molar-refractivity contribution in [2.75, 3.05) is 0 Å². The summed E-state index contributed by atoms with van der Waals surface area (Å²) in [6.45, 7) is 4.16. The molecule has 0 bridgehead atoms. The second-order valence-electron chi connectivity index (χ2n) is 9.92. The predicted molar refractivity (Wildman–Crippen MR) is 151 cm³/mol. The number of halogens is 3. The second-order valence-corrected chi connectivity index (χ2v) is 9.92. The van der Waals surface area contributed by atoms with Gasteiger partial charge in [0.1, 0.15) is 17.1 Å². The van der Waals surface area contributed by atoms with Gasteiger partial charge in [-0.25, -0.2) is 9.97 Å². The van der Waals surface area contributed by atoms with Gasteiger partial charge in [0.05, 0.1) is 22.3 Å². The molecule has 0 spiro atoms. The Morgan fingerprint density at radius 2 is 1.43 bits per heavy atom. The molecule has 0 saturated heterocycles. The number of pyridine rings is 1. The number of imidazole rings is 1. The largest absolute Gasteiger partial charge is 0.437 e. The zero-order chi connectivity index (χ0) is 27.6. The van der Waals surface area contributed by atoms with E-state index >= 15 is 0 Å². The fraction of sp³-hybridized carbons (Fsp3) is 0.0909. The highest BCUT2D eigenvalue weighted by molar-refractivity contribution is 6.08. The maximum atomic E-state index is 13.4. The van der Waals surface area contributed by atoms with E-state index in [2.05, 4.69) is 47.7 Å². The third-order valence-corrected chi connectivity index (χ3v) is 7.28. The average Bonchev–Trinajstić information content (AvgIpc) is 3.51. The molecule has 0 aliphatic heterocycles. The van der Waals surface area contributed by atoms with Crippen molar-refractivity contribution in [1.29, 1.82) is 0 Å². The van der Waals surface area contributed by atoms with Crippen LogP contribution in [0.5, 0.6) is 0 Å². The highest BCUT2D eigenvalue weighted by Gasteiger charge is 2.33. The number of nitrogens with zero attached hydrogens (tertiary/aromatic N) is 3. The molecule has 0 N–H and O–H groups in total. The van der Waals surface area contributed by atoms with E-state index in [-0.39, 0.29) is 5.71 Å². The van der Waals surface area contributed by atoms with Crippen LogP contribution in [0.3, 0.4) is 0 Å². The van der Waals surface area contributed by atoms with Crippen LogP contribution in [0, 0.1) is 13.8 Å². The van der Waals surface area contributed by atoms with Gasteiger partial charge in [-0.2, -0.15) is 13.2 Å². The first-order chi connectivity index (χ1) is 19.3. The van der Waals surface area contributed by atoms with Crippen molar-refractivity contribution in [3.63, 3.8) is 0 Å². The molecule has 196 valence electrons. The molecule has 40 heavy (non-hydrogen) atoms. The van der Waals surface area contributed by atoms with E-state index in [1.54, 1.807) is 0 Å². The summed E-state index contributed by atoms with van der Waals surface area (Å²) in [5.41, 5.74) is 7.17. The van der Waals surface area contributed by atoms with Crippen LogP contribution in [0.15, 0.2) is 101 Å². The monoisotopic (exact) mass is 533 g/mol. The van der Waals surface area contributed by atoms with Crippen LogP contribution < -0.4 is 0 Å². The van der Waals surface area contributed by atoms with E-state index in [1.807, 2.05) is 60.7 Å². The van der Waals surface area contributed by atoms with Gasteiger partial charge in [-0.15, -0.1) is 0 Å². The number of rotatable bonds is 3. The minimum atomic E-state index is -4.56. The van der Waals surface area contributed by atoms with E-state index < -0.39 is 11.9 Å². The van der Waals surface area contributed by atoms with Crippen molar-refractivity contribution in [3.8, 4) is 28.2 Å². The molecule has 0 atom stereocenters. The molecule has 7 rings (SSSR count). The maximum absolute atomic E-state index is 13.4. The van der Waals surface area contributed by atoms with Crippen molar-refractivity contribution >= 4 is 33.1 Å². The van der Waals surface area contributed by atoms with Gasteiger partial charge >= 0.3 is 6.18 Å². The van der Waals surface area contributed by atoms with Crippen molar-refractivity contribution in [3.05, 3.63) is 114 Å². The molecule has 0 fully saturated rings. The Balaban J connectivity index is 1.50. The second kappa shape index (κ2) is 8.81. The molecule has 0 amide bonds. The molecule has 0 unspecified atom stereocenters. The molecule has 3 aromatic heterocycles. The van der Waals surface area contributed by atoms with Crippen LogP contribution in [0.25, 0.3) is 61.3 Å². The predicted octanol–water partition coefficient (Wildman–Crippen LogP) is 9.29. The third-order valence-electron chi connectivity index (χ3n) is 7.28. The Morgan fingerprint density at radius 1 is 0.700 bits per heavy atom. The summed E-state index contributed by atoms with van der Waals surface area (Å²) in [7, 11) is 0. The van der Waals surface area contributed by atoms with E-state index in [4.69, 9.17) is 9.40 Å². The normalized spacial score (nSPS) is 12.1. The zero-order valence-electron chi connectivity index (χ0n) is 21.6. The smallest absolute Gasteiger partial charge is 0.433 e. The summed E-state index contributed by atoms with van der Waals surface area (Å²) in [4.78, 5) is 8.79. The summed E-state index contributed by atoms with van der Waals surface area (Å²) in [5, 5.41) is 1.20. The van der Waals surface area contributed by atoms with Gasteiger partial charge in [-0.1, -0.05) is 54.6 Å². The van der Waals surface area contributed by atoms with Crippen LogP contribution in [0.4, 0.5) is 13.2 Å². The molecule has 0 radical (unpaired) electrons. The average molecular weight is 534 g/mol. The van der Waals surface area contributed by atoms with Gasteiger partial charge in [-0.05, 0) is 78.6 Å². The number of para-hydroxylation sites is 3. The van der Waals surface area contributed by atoms with Crippen LogP contribution >= 0.6 is 0 Å². The number of hydrogen-bond acceptors (Lipinski definition) is 3. The van der Waals surface area contributed by atoms with Crippen molar-refractivity contribution in [2.24, 2.45) is 0 Å². The maximum Gasteiger partial charge on any atom is 0.433 e. The Labute approximate surface area is 227 Å². The lowest BCUT2D eigenvalue weighted by Gasteiger charge is -2.17. The Kier molecular flexibility index (Phi) is 5.32. The van der Waals surface area contributed by atoms with Gasteiger partial charge in [0.2, 0.25) is 5.71 Å². The SMILES string of the molecule is Cc1cc(-c2ccccc2)cc(C)c1-n1c(-c2cccc3c2oc2nc(C(F)(F)F)ccc23)nc2ccccc21. The minimum Gasteiger partial charge on any atom is -0.437 e. The molecule has 0 saturated carbocycles. The van der Waals surface area contributed by atoms with Crippen LogP contribution in [0.1, 0.15) is 16.8 Å². The first kappa shape index (κ1) is 24.2. The van der Waals surface area contributed by atoms with Crippen molar-refractivity contribution < 1.29 is 17.6 Å². The molecule has 0 aliphatic rings. The topological polar surface area (TPSA) is 43.9 Å². The van der Waals surface area contributed by atoms with E-state index in [0.717, 1.165) is 45.0 Å². The number of aromatic nitrogens is 3. The highest BCUT2D eigenvalue weighted by atomic mass is 19.4. The summed E-state index contributed by atoms with van der Waals surface area (Å²) < 4.78 is 48.3. The number of alkyl halides is 3. The molecule has 7 heteroatoms. The van der Waals surface area contributed by atoms with Gasteiger partial charge < -0.3 is 4.42 Å². The van der Waals surface area contributed by atoms with Crippen molar-refractivity contribution in [1.82, 2.24) is 14.5 Å².